The van der Waals surface area contributed by atoms with E-state index in [-0.39, 0.29) is 11.9 Å². The zero-order chi connectivity index (χ0) is 29.9. The van der Waals surface area contributed by atoms with Crippen LogP contribution in [0.25, 0.3) is 0 Å². The SMILES string of the molecule is O=C(O)C(/C=C/OO)Nc1nc(Cc2cccc(Cc3ncnc(Nc4ccccc4)n3)c2)nc(Nc2ccccc2)n1. The minimum Gasteiger partial charge on any atom is -0.479 e. The number of carboxylic acid groups (broad SMARTS) is 1. The zero-order valence-corrected chi connectivity index (χ0v) is 22.7. The lowest BCUT2D eigenvalue weighted by Gasteiger charge is -2.13. The summed E-state index contributed by atoms with van der Waals surface area (Å²) in [5.74, 6) is 0.487. The molecular formula is C30H27N9O4. The summed E-state index contributed by atoms with van der Waals surface area (Å²) < 4.78 is 0. The molecule has 0 radical (unpaired) electrons. The van der Waals surface area contributed by atoms with Crippen LogP contribution in [0, 0.1) is 0 Å². The molecule has 5 rings (SSSR count). The Morgan fingerprint density at radius 3 is 2.00 bits per heavy atom. The number of hydrogen-bond donors (Lipinski definition) is 5. The van der Waals surface area contributed by atoms with Crippen LogP contribution in [-0.2, 0) is 22.5 Å². The number of aromatic nitrogens is 6. The molecule has 0 aliphatic heterocycles. The minimum absolute atomic E-state index is 0.0261. The fourth-order valence-corrected chi connectivity index (χ4v) is 4.06. The predicted molar refractivity (Wildman–Crippen MR) is 159 cm³/mol. The quantitative estimate of drug-likeness (QED) is 0.0745. The van der Waals surface area contributed by atoms with E-state index < -0.39 is 12.0 Å². The van der Waals surface area contributed by atoms with Crippen LogP contribution >= 0.6 is 0 Å². The second kappa shape index (κ2) is 14.1. The van der Waals surface area contributed by atoms with Crippen molar-refractivity contribution in [1.82, 2.24) is 29.9 Å². The average Bonchev–Trinajstić information content (AvgIpc) is 3.00. The third kappa shape index (κ3) is 8.52. The molecule has 1 atom stereocenters. The number of nitrogens with one attached hydrogen (secondary N) is 3. The third-order valence-electron chi connectivity index (χ3n) is 5.96. The van der Waals surface area contributed by atoms with Gasteiger partial charge in [-0.15, -0.1) is 0 Å². The maximum Gasteiger partial charge on any atom is 0.330 e. The van der Waals surface area contributed by atoms with Crippen LogP contribution in [0.4, 0.5) is 29.2 Å². The highest BCUT2D eigenvalue weighted by Gasteiger charge is 2.17. The molecule has 13 heteroatoms. The lowest BCUT2D eigenvalue weighted by molar-refractivity contribution is -0.187. The molecule has 0 saturated carbocycles. The number of rotatable bonds is 13. The summed E-state index contributed by atoms with van der Waals surface area (Å²) in [6.07, 6.45) is 4.24. The molecule has 1 unspecified atom stereocenters. The number of hydrogen-bond acceptors (Lipinski definition) is 12. The Morgan fingerprint density at radius 2 is 1.35 bits per heavy atom. The number of carbonyl (C=O) groups is 1. The molecular weight excluding hydrogens is 550 g/mol. The number of para-hydroxylation sites is 2. The topological polar surface area (TPSA) is 180 Å². The zero-order valence-electron chi connectivity index (χ0n) is 22.7. The van der Waals surface area contributed by atoms with Gasteiger partial charge in [0.1, 0.15) is 30.3 Å². The van der Waals surface area contributed by atoms with E-state index in [0.717, 1.165) is 34.8 Å². The lowest BCUT2D eigenvalue weighted by atomic mass is 10.1. The highest BCUT2D eigenvalue weighted by Crippen LogP contribution is 2.18. The third-order valence-corrected chi connectivity index (χ3v) is 5.96. The van der Waals surface area contributed by atoms with Crippen LogP contribution in [-0.4, -0.2) is 52.3 Å². The molecule has 2 aromatic heterocycles. The second-order valence-electron chi connectivity index (χ2n) is 9.17. The summed E-state index contributed by atoms with van der Waals surface area (Å²) >= 11 is 0. The van der Waals surface area contributed by atoms with E-state index in [1.807, 2.05) is 84.9 Å². The van der Waals surface area contributed by atoms with Crippen molar-refractivity contribution in [2.75, 3.05) is 16.0 Å². The summed E-state index contributed by atoms with van der Waals surface area (Å²) in [6.45, 7) is 0. The molecule has 0 fully saturated rings. The molecule has 0 saturated heterocycles. The number of carboxylic acids is 1. The molecule has 0 amide bonds. The van der Waals surface area contributed by atoms with Crippen molar-refractivity contribution in [3.05, 3.63) is 126 Å². The molecule has 216 valence electrons. The van der Waals surface area contributed by atoms with Crippen molar-refractivity contribution < 1.29 is 20.0 Å². The first-order chi connectivity index (χ1) is 21.0. The van der Waals surface area contributed by atoms with E-state index in [1.54, 1.807) is 0 Å². The summed E-state index contributed by atoms with van der Waals surface area (Å²) in [4.78, 5) is 42.0. The van der Waals surface area contributed by atoms with Crippen molar-refractivity contribution in [2.45, 2.75) is 18.9 Å². The van der Waals surface area contributed by atoms with Crippen LogP contribution in [0.2, 0.25) is 0 Å². The van der Waals surface area contributed by atoms with Crippen LogP contribution < -0.4 is 16.0 Å². The van der Waals surface area contributed by atoms with E-state index >= 15 is 0 Å². The van der Waals surface area contributed by atoms with E-state index in [9.17, 15) is 9.90 Å². The normalized spacial score (nSPS) is 11.6. The smallest absolute Gasteiger partial charge is 0.330 e. The van der Waals surface area contributed by atoms with Crippen LogP contribution in [0.15, 0.2) is 104 Å². The Morgan fingerprint density at radius 1 is 0.744 bits per heavy atom. The Labute approximate surface area is 246 Å². The van der Waals surface area contributed by atoms with Gasteiger partial charge in [-0.2, -0.15) is 19.9 Å². The molecule has 0 bridgehead atoms. The Kier molecular flexibility index (Phi) is 9.37. The van der Waals surface area contributed by atoms with Gasteiger partial charge in [-0.25, -0.2) is 20.0 Å². The Balaban J connectivity index is 1.36. The largest absolute Gasteiger partial charge is 0.479 e. The van der Waals surface area contributed by atoms with Gasteiger partial charge >= 0.3 is 5.97 Å². The van der Waals surface area contributed by atoms with Crippen LogP contribution in [0.3, 0.4) is 0 Å². The molecule has 5 aromatic rings. The van der Waals surface area contributed by atoms with Crippen LogP contribution in [0.5, 0.6) is 0 Å². The Bertz CT molecular complexity index is 1690. The molecule has 2 heterocycles. The fraction of sp³-hybridized carbons (Fsp3) is 0.100. The van der Waals surface area contributed by atoms with Gasteiger partial charge in [0.2, 0.25) is 17.8 Å². The first kappa shape index (κ1) is 28.6. The summed E-state index contributed by atoms with van der Waals surface area (Å²) in [5.41, 5.74) is 3.51. The van der Waals surface area contributed by atoms with Crippen molar-refractivity contribution in [3.63, 3.8) is 0 Å². The average molecular weight is 578 g/mol. The number of aliphatic carboxylic acids is 1. The highest BCUT2D eigenvalue weighted by molar-refractivity contribution is 5.79. The van der Waals surface area contributed by atoms with E-state index in [4.69, 9.17) is 5.26 Å². The molecule has 0 aliphatic rings. The monoisotopic (exact) mass is 577 g/mol. The first-order valence-corrected chi connectivity index (χ1v) is 13.1. The highest BCUT2D eigenvalue weighted by atomic mass is 17.1. The summed E-state index contributed by atoms with van der Waals surface area (Å²) in [5, 5.41) is 27.2. The van der Waals surface area contributed by atoms with Gasteiger partial charge in [-0.05, 0) is 41.5 Å². The molecule has 13 nitrogen and oxygen atoms in total. The van der Waals surface area contributed by atoms with Gasteiger partial charge in [0.05, 0.1) is 0 Å². The first-order valence-electron chi connectivity index (χ1n) is 13.1. The van der Waals surface area contributed by atoms with Crippen molar-refractivity contribution in [3.8, 4) is 0 Å². The number of nitrogens with zero attached hydrogens (tertiary/aromatic N) is 6. The van der Waals surface area contributed by atoms with E-state index in [2.05, 4.69) is 50.7 Å². The van der Waals surface area contributed by atoms with Gasteiger partial charge in [-0.1, -0.05) is 60.7 Å². The molecule has 3 aromatic carbocycles. The van der Waals surface area contributed by atoms with Crippen molar-refractivity contribution in [2.24, 2.45) is 0 Å². The van der Waals surface area contributed by atoms with Gasteiger partial charge in [0.15, 0.2) is 0 Å². The number of anilines is 5. The number of benzene rings is 3. The Hall–Kier alpha value is -5.95. The maximum atomic E-state index is 11.7. The molecule has 0 aliphatic carbocycles. The van der Waals surface area contributed by atoms with Crippen molar-refractivity contribution in [1.29, 1.82) is 0 Å². The van der Waals surface area contributed by atoms with Gasteiger partial charge < -0.3 is 25.9 Å². The van der Waals surface area contributed by atoms with E-state index in [1.165, 1.54) is 6.33 Å². The fourth-order valence-electron chi connectivity index (χ4n) is 4.06. The molecule has 5 N–H and O–H groups in total. The second-order valence-corrected chi connectivity index (χ2v) is 9.17. The van der Waals surface area contributed by atoms with Gasteiger partial charge in [-0.3, -0.25) is 0 Å². The summed E-state index contributed by atoms with van der Waals surface area (Å²) in [6, 6.07) is 25.6. The van der Waals surface area contributed by atoms with Gasteiger partial charge in [0.25, 0.3) is 0 Å². The minimum atomic E-state index is -1.27. The standard InChI is InChI=1S/C30H27N9O4/c40-27(41)24(14-15-43-42)35-30-38-26(37-29(39-30)34-23-12-5-2-6-13-23)18-21-9-7-8-20(16-21)17-25-31-19-32-28(36-25)33-22-10-3-1-4-11-22/h1-16,19,24,42H,17-18H2,(H,40,41)(H,31,32,33,36)(H2,34,35,37,38,39)/b15-14+. The van der Waals surface area contributed by atoms with E-state index in [0.29, 0.717) is 30.4 Å². The maximum absolute atomic E-state index is 11.7. The van der Waals surface area contributed by atoms with Crippen molar-refractivity contribution >= 4 is 35.2 Å². The van der Waals surface area contributed by atoms with Crippen LogP contribution in [0.1, 0.15) is 22.8 Å². The lowest BCUT2D eigenvalue weighted by Crippen LogP contribution is -2.28. The summed E-state index contributed by atoms with van der Waals surface area (Å²) in [7, 11) is 0. The predicted octanol–water partition coefficient (Wildman–Crippen LogP) is 4.59. The molecule has 43 heavy (non-hydrogen) atoms. The van der Waals surface area contributed by atoms with Gasteiger partial charge in [0, 0.05) is 24.2 Å². The molecule has 0 spiro atoms.